The Bertz CT molecular complexity index is 402. The van der Waals surface area contributed by atoms with Crippen LogP contribution in [0.5, 0.6) is 0 Å². The SMILES string of the molecule is CC1Cc2c(c[nH]c2Cl)C1(N)C(=O)O. The van der Waals surface area contributed by atoms with Crippen molar-refractivity contribution in [1.82, 2.24) is 4.98 Å². The summed E-state index contributed by atoms with van der Waals surface area (Å²) in [4.78, 5) is 13.9. The number of aromatic amines is 1. The average molecular weight is 215 g/mol. The van der Waals surface area contributed by atoms with Crippen molar-refractivity contribution in [3.63, 3.8) is 0 Å². The lowest BCUT2D eigenvalue weighted by molar-refractivity contribution is -0.145. The van der Waals surface area contributed by atoms with Crippen molar-refractivity contribution in [3.05, 3.63) is 22.5 Å². The number of rotatable bonds is 1. The highest BCUT2D eigenvalue weighted by atomic mass is 35.5. The molecule has 0 radical (unpaired) electrons. The first-order chi connectivity index (χ1) is 6.48. The normalized spacial score (nSPS) is 30.4. The van der Waals surface area contributed by atoms with Crippen LogP contribution in [0.3, 0.4) is 0 Å². The van der Waals surface area contributed by atoms with Gasteiger partial charge in [-0.2, -0.15) is 0 Å². The van der Waals surface area contributed by atoms with Crippen LogP contribution in [0.25, 0.3) is 0 Å². The van der Waals surface area contributed by atoms with Crippen molar-refractivity contribution < 1.29 is 9.90 Å². The third-order valence-corrected chi connectivity index (χ3v) is 3.36. The highest BCUT2D eigenvalue weighted by Crippen LogP contribution is 2.42. The zero-order chi connectivity index (χ0) is 10.5. The van der Waals surface area contributed by atoms with Crippen molar-refractivity contribution in [2.24, 2.45) is 11.7 Å². The van der Waals surface area contributed by atoms with Gasteiger partial charge in [-0.3, -0.25) is 0 Å². The third-order valence-electron chi connectivity index (χ3n) is 3.02. The smallest absolute Gasteiger partial charge is 0.328 e. The molecule has 4 N–H and O–H groups in total. The van der Waals surface area contributed by atoms with E-state index in [4.69, 9.17) is 22.4 Å². The lowest BCUT2D eigenvalue weighted by atomic mass is 9.87. The molecular formula is C9H11ClN2O2. The molecule has 1 aromatic heterocycles. The molecule has 0 aliphatic heterocycles. The summed E-state index contributed by atoms with van der Waals surface area (Å²) in [5, 5.41) is 9.62. The molecule has 0 fully saturated rings. The summed E-state index contributed by atoms with van der Waals surface area (Å²) in [6.07, 6.45) is 2.20. The maximum atomic E-state index is 11.1. The summed E-state index contributed by atoms with van der Waals surface area (Å²) < 4.78 is 0. The first-order valence-electron chi connectivity index (χ1n) is 4.36. The molecule has 1 aromatic rings. The van der Waals surface area contributed by atoms with Gasteiger partial charge >= 0.3 is 5.97 Å². The summed E-state index contributed by atoms with van der Waals surface area (Å²) >= 11 is 5.88. The fourth-order valence-corrected chi connectivity index (χ4v) is 2.29. The van der Waals surface area contributed by atoms with Gasteiger partial charge in [-0.15, -0.1) is 0 Å². The first kappa shape index (κ1) is 9.55. The minimum Gasteiger partial charge on any atom is -0.480 e. The fourth-order valence-electron chi connectivity index (χ4n) is 2.06. The summed E-state index contributed by atoms with van der Waals surface area (Å²) in [5.74, 6) is -1.13. The van der Waals surface area contributed by atoms with Crippen LogP contribution in [0.4, 0.5) is 0 Å². The van der Waals surface area contributed by atoms with Crippen molar-refractivity contribution in [2.45, 2.75) is 18.9 Å². The van der Waals surface area contributed by atoms with Crippen LogP contribution >= 0.6 is 11.6 Å². The second-order valence-electron chi connectivity index (χ2n) is 3.77. The number of fused-ring (bicyclic) bond motifs is 1. The van der Waals surface area contributed by atoms with Gasteiger partial charge in [0.1, 0.15) is 10.7 Å². The zero-order valence-corrected chi connectivity index (χ0v) is 8.43. The summed E-state index contributed by atoms with van der Waals surface area (Å²) in [7, 11) is 0. The van der Waals surface area contributed by atoms with E-state index in [-0.39, 0.29) is 5.92 Å². The lowest BCUT2D eigenvalue weighted by Crippen LogP contribution is -2.47. The summed E-state index contributed by atoms with van der Waals surface area (Å²) in [6, 6.07) is 0. The Morgan fingerprint density at radius 1 is 1.86 bits per heavy atom. The van der Waals surface area contributed by atoms with Crippen LogP contribution < -0.4 is 5.73 Å². The molecule has 2 atom stereocenters. The van der Waals surface area contributed by atoms with E-state index >= 15 is 0 Å². The molecule has 1 aliphatic carbocycles. The molecule has 0 saturated carbocycles. The van der Waals surface area contributed by atoms with Crippen LogP contribution in [-0.2, 0) is 16.8 Å². The molecule has 0 bridgehead atoms. The second-order valence-corrected chi connectivity index (χ2v) is 4.15. The molecule has 0 saturated heterocycles. The van der Waals surface area contributed by atoms with Gasteiger partial charge in [0.15, 0.2) is 0 Å². The topological polar surface area (TPSA) is 79.1 Å². The molecule has 76 valence electrons. The van der Waals surface area contributed by atoms with Crippen molar-refractivity contribution in [3.8, 4) is 0 Å². The molecule has 14 heavy (non-hydrogen) atoms. The standard InChI is InChI=1S/C9H11ClN2O2/c1-4-2-5-6(3-12-7(5)10)9(4,11)8(13)14/h3-4,12H,2,11H2,1H3,(H,13,14). The van der Waals surface area contributed by atoms with Gasteiger partial charge in [-0.1, -0.05) is 18.5 Å². The van der Waals surface area contributed by atoms with Gasteiger partial charge in [0.2, 0.25) is 0 Å². The minimum absolute atomic E-state index is 0.128. The van der Waals surface area contributed by atoms with E-state index in [2.05, 4.69) is 4.98 Å². The highest BCUT2D eigenvalue weighted by molar-refractivity contribution is 6.30. The van der Waals surface area contributed by atoms with Crippen LogP contribution in [0.2, 0.25) is 5.15 Å². The van der Waals surface area contributed by atoms with Crippen LogP contribution in [0.1, 0.15) is 18.1 Å². The predicted octanol–water partition coefficient (Wildman–Crippen LogP) is 1.10. The number of carboxylic acids is 1. The number of hydrogen-bond donors (Lipinski definition) is 3. The Labute approximate surface area is 86.1 Å². The Kier molecular flexibility index (Phi) is 1.87. The van der Waals surface area contributed by atoms with Gasteiger partial charge in [0.25, 0.3) is 0 Å². The van der Waals surface area contributed by atoms with E-state index in [1.807, 2.05) is 6.92 Å². The van der Waals surface area contributed by atoms with E-state index in [1.54, 1.807) is 6.20 Å². The molecule has 0 spiro atoms. The van der Waals surface area contributed by atoms with E-state index in [1.165, 1.54) is 0 Å². The third kappa shape index (κ3) is 0.952. The molecule has 0 amide bonds. The molecular weight excluding hydrogens is 204 g/mol. The maximum Gasteiger partial charge on any atom is 0.328 e. The van der Waals surface area contributed by atoms with Crippen LogP contribution in [-0.4, -0.2) is 16.1 Å². The monoisotopic (exact) mass is 214 g/mol. The minimum atomic E-state index is -1.29. The molecule has 0 aromatic carbocycles. The fraction of sp³-hybridized carbons (Fsp3) is 0.444. The van der Waals surface area contributed by atoms with Gasteiger partial charge in [-0.05, 0) is 17.9 Å². The number of carbonyl (C=O) groups is 1. The summed E-state index contributed by atoms with van der Waals surface area (Å²) in [5.41, 5.74) is 6.05. The van der Waals surface area contributed by atoms with Gasteiger partial charge < -0.3 is 15.8 Å². The maximum absolute atomic E-state index is 11.1. The van der Waals surface area contributed by atoms with E-state index in [0.29, 0.717) is 17.1 Å². The van der Waals surface area contributed by atoms with Gasteiger partial charge in [-0.25, -0.2) is 4.79 Å². The number of H-pyrrole nitrogens is 1. The van der Waals surface area contributed by atoms with Gasteiger partial charge in [0.05, 0.1) is 0 Å². The van der Waals surface area contributed by atoms with Crippen LogP contribution in [0.15, 0.2) is 6.20 Å². The number of nitrogens with two attached hydrogens (primary N) is 1. The molecule has 2 rings (SSSR count). The predicted molar refractivity (Wildman–Crippen MR) is 52.2 cm³/mol. The number of halogens is 1. The molecule has 2 unspecified atom stereocenters. The number of nitrogens with one attached hydrogen (secondary N) is 1. The highest BCUT2D eigenvalue weighted by Gasteiger charge is 2.49. The zero-order valence-electron chi connectivity index (χ0n) is 7.67. The van der Waals surface area contributed by atoms with Gasteiger partial charge in [0, 0.05) is 11.8 Å². The van der Waals surface area contributed by atoms with E-state index in [0.717, 1.165) is 5.56 Å². The molecule has 4 nitrogen and oxygen atoms in total. The Balaban J connectivity index is 2.60. The first-order valence-corrected chi connectivity index (χ1v) is 4.74. The van der Waals surface area contributed by atoms with E-state index < -0.39 is 11.5 Å². The largest absolute Gasteiger partial charge is 0.480 e. The molecule has 1 aliphatic rings. The Morgan fingerprint density at radius 2 is 2.50 bits per heavy atom. The molecule has 1 heterocycles. The van der Waals surface area contributed by atoms with Crippen molar-refractivity contribution in [2.75, 3.05) is 0 Å². The lowest BCUT2D eigenvalue weighted by Gasteiger charge is -2.24. The molecule has 5 heteroatoms. The average Bonchev–Trinajstić information content (AvgIpc) is 2.57. The quantitative estimate of drug-likeness (QED) is 0.655. The Morgan fingerprint density at radius 3 is 3.07 bits per heavy atom. The number of hydrogen-bond acceptors (Lipinski definition) is 2. The number of aromatic nitrogens is 1. The number of aliphatic carboxylic acids is 1. The second kappa shape index (κ2) is 2.74. The van der Waals surface area contributed by atoms with E-state index in [9.17, 15) is 4.79 Å². The van der Waals surface area contributed by atoms with Crippen molar-refractivity contribution in [1.29, 1.82) is 0 Å². The van der Waals surface area contributed by atoms with Crippen molar-refractivity contribution >= 4 is 17.6 Å². The Hall–Kier alpha value is -1.00. The number of carboxylic acid groups (broad SMARTS) is 1. The van der Waals surface area contributed by atoms with Crippen LogP contribution in [0, 0.1) is 5.92 Å². The summed E-state index contributed by atoms with van der Waals surface area (Å²) in [6.45, 7) is 1.82.